The molecule has 0 aliphatic carbocycles. The van der Waals surface area contributed by atoms with Crippen LogP contribution in [0.25, 0.3) is 10.9 Å². The minimum absolute atomic E-state index is 0.00632. The summed E-state index contributed by atoms with van der Waals surface area (Å²) in [5.74, 6) is 1.05. The van der Waals surface area contributed by atoms with Crippen LogP contribution in [0.5, 0.6) is 0 Å². The average Bonchev–Trinajstić information content (AvgIpc) is 2.48. The van der Waals surface area contributed by atoms with E-state index in [4.69, 9.17) is 0 Å². The first-order chi connectivity index (χ1) is 9.33. The number of thioether (sulfide) groups is 1. The quantitative estimate of drug-likeness (QED) is 0.877. The summed E-state index contributed by atoms with van der Waals surface area (Å²) in [6.45, 7) is 1.72. The molecule has 1 aliphatic heterocycles. The molecule has 2 N–H and O–H groups in total. The van der Waals surface area contributed by atoms with Crippen molar-refractivity contribution in [2.24, 2.45) is 0 Å². The smallest absolute Gasteiger partial charge is 0.238 e. The van der Waals surface area contributed by atoms with Gasteiger partial charge in [0.25, 0.3) is 0 Å². The van der Waals surface area contributed by atoms with Crippen LogP contribution >= 0.6 is 11.8 Å². The van der Waals surface area contributed by atoms with Crippen molar-refractivity contribution in [3.63, 3.8) is 0 Å². The van der Waals surface area contributed by atoms with Gasteiger partial charge >= 0.3 is 0 Å². The van der Waals surface area contributed by atoms with Crippen LogP contribution in [0.4, 0.5) is 5.69 Å². The van der Waals surface area contributed by atoms with Crippen LogP contribution in [0.15, 0.2) is 36.5 Å². The third-order valence-corrected chi connectivity index (χ3v) is 4.32. The molecule has 1 aromatic heterocycles. The summed E-state index contributed by atoms with van der Waals surface area (Å²) in [5, 5.41) is 7.27. The van der Waals surface area contributed by atoms with E-state index >= 15 is 0 Å². The molecule has 1 saturated heterocycles. The number of rotatable bonds is 2. The predicted octanol–water partition coefficient (Wildman–Crippen LogP) is 1.88. The number of benzene rings is 1. The zero-order valence-electron chi connectivity index (χ0n) is 10.4. The summed E-state index contributed by atoms with van der Waals surface area (Å²) in [5.41, 5.74) is 1.71. The molecule has 2 heterocycles. The van der Waals surface area contributed by atoms with Crippen molar-refractivity contribution in [3.05, 3.63) is 36.5 Å². The normalized spacial score (nSPS) is 19.3. The minimum Gasteiger partial charge on any atom is -0.325 e. The molecule has 4 nitrogen and oxygen atoms in total. The summed E-state index contributed by atoms with van der Waals surface area (Å²) in [6.07, 6.45) is 1.76. The van der Waals surface area contributed by atoms with Gasteiger partial charge in [0.15, 0.2) is 0 Å². The maximum atomic E-state index is 12.1. The number of nitrogens with one attached hydrogen (secondary N) is 2. The van der Waals surface area contributed by atoms with E-state index in [0.29, 0.717) is 0 Å². The van der Waals surface area contributed by atoms with Gasteiger partial charge in [-0.1, -0.05) is 12.1 Å². The molecule has 0 saturated carbocycles. The number of hydrogen-bond acceptors (Lipinski definition) is 4. The summed E-state index contributed by atoms with van der Waals surface area (Å²) >= 11 is 1.70. The Morgan fingerprint density at radius 3 is 3.21 bits per heavy atom. The summed E-state index contributed by atoms with van der Waals surface area (Å²) < 4.78 is 0. The number of carbonyl (C=O) groups is 1. The first-order valence-corrected chi connectivity index (χ1v) is 7.36. The number of carbonyl (C=O) groups excluding carboxylic acids is 1. The molecular formula is C14H15N3OS. The highest BCUT2D eigenvalue weighted by molar-refractivity contribution is 8.00. The number of nitrogens with zero attached hydrogens (tertiary/aromatic N) is 1. The Balaban J connectivity index is 1.75. The molecule has 0 spiro atoms. The van der Waals surface area contributed by atoms with E-state index in [-0.39, 0.29) is 11.2 Å². The van der Waals surface area contributed by atoms with E-state index in [2.05, 4.69) is 15.6 Å². The topological polar surface area (TPSA) is 54.0 Å². The zero-order valence-corrected chi connectivity index (χ0v) is 11.2. The Kier molecular flexibility index (Phi) is 3.66. The molecule has 3 rings (SSSR count). The Hall–Kier alpha value is -1.59. The van der Waals surface area contributed by atoms with Gasteiger partial charge in [-0.05, 0) is 18.2 Å². The lowest BCUT2D eigenvalue weighted by Crippen LogP contribution is -2.40. The van der Waals surface area contributed by atoms with Crippen LogP contribution in [0.2, 0.25) is 0 Å². The molecule has 5 heteroatoms. The van der Waals surface area contributed by atoms with Crippen molar-refractivity contribution in [2.75, 3.05) is 24.2 Å². The van der Waals surface area contributed by atoms with Crippen LogP contribution in [0.1, 0.15) is 0 Å². The largest absolute Gasteiger partial charge is 0.325 e. The van der Waals surface area contributed by atoms with Gasteiger partial charge < -0.3 is 10.6 Å². The lowest BCUT2D eigenvalue weighted by Gasteiger charge is -2.21. The summed E-state index contributed by atoms with van der Waals surface area (Å²) in [6, 6.07) is 9.72. The van der Waals surface area contributed by atoms with E-state index in [1.165, 1.54) is 0 Å². The van der Waals surface area contributed by atoms with Gasteiger partial charge in [-0.25, -0.2) is 0 Å². The second kappa shape index (κ2) is 5.59. The molecule has 0 bridgehead atoms. The van der Waals surface area contributed by atoms with Crippen LogP contribution in [0.3, 0.4) is 0 Å². The van der Waals surface area contributed by atoms with Gasteiger partial charge in [0, 0.05) is 36.1 Å². The Morgan fingerprint density at radius 2 is 2.37 bits per heavy atom. The fourth-order valence-electron chi connectivity index (χ4n) is 2.10. The van der Waals surface area contributed by atoms with Gasteiger partial charge in [0.2, 0.25) is 5.91 Å². The maximum absolute atomic E-state index is 12.1. The maximum Gasteiger partial charge on any atom is 0.238 e. The average molecular weight is 273 g/mol. The van der Waals surface area contributed by atoms with Gasteiger partial charge in [-0.15, -0.1) is 11.8 Å². The molecule has 2 aromatic rings. The molecule has 1 aromatic carbocycles. The number of amides is 1. The highest BCUT2D eigenvalue weighted by atomic mass is 32.2. The van der Waals surface area contributed by atoms with Gasteiger partial charge in [0.1, 0.15) is 0 Å². The Labute approximate surface area is 116 Å². The van der Waals surface area contributed by atoms with Crippen molar-refractivity contribution >= 4 is 34.3 Å². The van der Waals surface area contributed by atoms with Gasteiger partial charge in [-0.3, -0.25) is 9.78 Å². The molecule has 1 aliphatic rings. The molecule has 1 amide bonds. The molecule has 1 atom stereocenters. The SMILES string of the molecule is O=C(Nc1ccc2cccnc2c1)C1CNCCS1. The van der Waals surface area contributed by atoms with Crippen LogP contribution < -0.4 is 10.6 Å². The summed E-state index contributed by atoms with van der Waals surface area (Å²) in [7, 11) is 0. The zero-order chi connectivity index (χ0) is 13.1. The Morgan fingerprint density at radius 1 is 1.42 bits per heavy atom. The first kappa shape index (κ1) is 12.4. The fraction of sp³-hybridized carbons (Fsp3) is 0.286. The van der Waals surface area contributed by atoms with Crippen molar-refractivity contribution in [3.8, 4) is 0 Å². The second-order valence-electron chi connectivity index (χ2n) is 4.46. The van der Waals surface area contributed by atoms with E-state index < -0.39 is 0 Å². The van der Waals surface area contributed by atoms with E-state index in [9.17, 15) is 4.79 Å². The second-order valence-corrected chi connectivity index (χ2v) is 5.77. The molecular weight excluding hydrogens is 258 g/mol. The lowest BCUT2D eigenvalue weighted by atomic mass is 10.2. The van der Waals surface area contributed by atoms with Gasteiger partial charge in [-0.2, -0.15) is 0 Å². The van der Waals surface area contributed by atoms with Crippen LogP contribution in [-0.4, -0.2) is 35.0 Å². The van der Waals surface area contributed by atoms with Crippen LogP contribution in [-0.2, 0) is 4.79 Å². The summed E-state index contributed by atoms with van der Waals surface area (Å²) in [4.78, 5) is 16.4. The standard InChI is InChI=1S/C14H15N3OS/c18-14(13-9-15-6-7-19-13)17-11-4-3-10-2-1-5-16-12(10)8-11/h1-5,8,13,15H,6-7,9H2,(H,17,18). The Bertz CT molecular complexity index is 596. The highest BCUT2D eigenvalue weighted by Gasteiger charge is 2.21. The predicted molar refractivity (Wildman–Crippen MR) is 79.5 cm³/mol. The highest BCUT2D eigenvalue weighted by Crippen LogP contribution is 2.19. The van der Waals surface area contributed by atoms with Gasteiger partial charge in [0.05, 0.1) is 10.8 Å². The third kappa shape index (κ3) is 2.88. The number of pyridine rings is 1. The van der Waals surface area contributed by atoms with Crippen LogP contribution in [0, 0.1) is 0 Å². The fourth-order valence-corrected chi connectivity index (χ4v) is 3.09. The van der Waals surface area contributed by atoms with E-state index in [0.717, 1.165) is 35.4 Å². The first-order valence-electron chi connectivity index (χ1n) is 6.31. The van der Waals surface area contributed by atoms with Crippen molar-refractivity contribution in [2.45, 2.75) is 5.25 Å². The molecule has 1 fully saturated rings. The molecule has 19 heavy (non-hydrogen) atoms. The van der Waals surface area contributed by atoms with Crippen molar-refractivity contribution in [1.29, 1.82) is 0 Å². The minimum atomic E-state index is -0.00632. The number of fused-ring (bicyclic) bond motifs is 1. The molecule has 0 radical (unpaired) electrons. The van der Waals surface area contributed by atoms with Crippen molar-refractivity contribution in [1.82, 2.24) is 10.3 Å². The third-order valence-electron chi connectivity index (χ3n) is 3.09. The monoisotopic (exact) mass is 273 g/mol. The van der Waals surface area contributed by atoms with E-state index in [1.807, 2.05) is 30.3 Å². The molecule has 1 unspecified atom stereocenters. The molecule has 98 valence electrons. The van der Waals surface area contributed by atoms with Crippen molar-refractivity contribution < 1.29 is 4.79 Å². The van der Waals surface area contributed by atoms with E-state index in [1.54, 1.807) is 18.0 Å². The number of aromatic nitrogens is 1. The number of anilines is 1. The lowest BCUT2D eigenvalue weighted by molar-refractivity contribution is -0.115. The number of hydrogen-bond donors (Lipinski definition) is 2.